The molecule has 2 saturated heterocycles. The minimum absolute atomic E-state index is 0.297. The third-order valence-electron chi connectivity index (χ3n) is 3.44. The topological polar surface area (TPSA) is 43.8 Å². The third kappa shape index (κ3) is 1.91. The molecule has 2 aliphatic heterocycles. The second-order valence-electron chi connectivity index (χ2n) is 4.48. The lowest BCUT2D eigenvalue weighted by molar-refractivity contribution is -0.138. The van der Waals surface area contributed by atoms with E-state index in [-0.39, 0.29) is 0 Å². The van der Waals surface area contributed by atoms with E-state index in [1.54, 1.807) is 0 Å². The van der Waals surface area contributed by atoms with Crippen LogP contribution < -0.4 is 0 Å². The van der Waals surface area contributed by atoms with Crippen molar-refractivity contribution < 1.29 is 9.90 Å². The molecule has 2 rings (SSSR count). The molecule has 0 spiro atoms. The van der Waals surface area contributed by atoms with E-state index >= 15 is 0 Å². The molecule has 0 aromatic heterocycles. The fraction of sp³-hybridized carbons (Fsp3) is 0.900. The Labute approximate surface area is 84.5 Å². The van der Waals surface area contributed by atoms with E-state index in [9.17, 15) is 4.79 Å². The van der Waals surface area contributed by atoms with Crippen molar-refractivity contribution >= 4 is 5.97 Å². The summed E-state index contributed by atoms with van der Waals surface area (Å²) in [6, 6.07) is 0.907. The predicted octanol–water partition coefficient (Wildman–Crippen LogP) is 0.239. The van der Waals surface area contributed by atoms with Crippen molar-refractivity contribution in [1.82, 2.24) is 9.80 Å². The zero-order valence-corrected chi connectivity index (χ0v) is 8.65. The highest BCUT2D eigenvalue weighted by Gasteiger charge is 2.37. The molecule has 14 heavy (non-hydrogen) atoms. The number of carbonyl (C=O) groups is 1. The van der Waals surface area contributed by atoms with Crippen LogP contribution in [-0.4, -0.2) is 59.6 Å². The number of likely N-dealkylation sites (N-methyl/N-ethyl adjacent to an activating group) is 1. The van der Waals surface area contributed by atoms with Crippen molar-refractivity contribution in [3.63, 3.8) is 0 Å². The van der Waals surface area contributed by atoms with Gasteiger partial charge < -0.3 is 10.0 Å². The summed E-state index contributed by atoms with van der Waals surface area (Å²) in [4.78, 5) is 15.4. The average Bonchev–Trinajstić information content (AvgIpc) is 2.47. The van der Waals surface area contributed by atoms with Gasteiger partial charge in [-0.15, -0.1) is 0 Å². The molecule has 0 amide bonds. The summed E-state index contributed by atoms with van der Waals surface area (Å²) in [5.74, 6) is -0.658. The Morgan fingerprint density at radius 3 is 2.93 bits per heavy atom. The molecule has 0 aliphatic carbocycles. The van der Waals surface area contributed by atoms with Gasteiger partial charge in [0.05, 0.1) is 6.42 Å². The summed E-state index contributed by atoms with van der Waals surface area (Å²) in [6.45, 7) is 3.22. The van der Waals surface area contributed by atoms with Crippen LogP contribution in [-0.2, 0) is 4.79 Å². The number of carboxylic acids is 1. The number of rotatable bonds is 2. The summed E-state index contributed by atoms with van der Waals surface area (Å²) in [7, 11) is 2.14. The first-order valence-corrected chi connectivity index (χ1v) is 5.33. The van der Waals surface area contributed by atoms with Gasteiger partial charge in [0, 0.05) is 31.7 Å². The van der Waals surface area contributed by atoms with Crippen LogP contribution in [0.25, 0.3) is 0 Å². The van der Waals surface area contributed by atoms with E-state index in [2.05, 4.69) is 16.8 Å². The van der Waals surface area contributed by atoms with Crippen molar-refractivity contribution in [2.24, 2.45) is 0 Å². The number of hydrogen-bond acceptors (Lipinski definition) is 3. The van der Waals surface area contributed by atoms with Gasteiger partial charge in [-0.2, -0.15) is 0 Å². The second-order valence-corrected chi connectivity index (χ2v) is 4.48. The molecule has 0 radical (unpaired) electrons. The molecule has 80 valence electrons. The number of nitrogens with zero attached hydrogens (tertiary/aromatic N) is 2. The minimum atomic E-state index is -0.658. The number of hydrogen-bond donors (Lipinski definition) is 1. The van der Waals surface area contributed by atoms with Crippen LogP contribution in [0.15, 0.2) is 0 Å². The highest BCUT2D eigenvalue weighted by atomic mass is 16.4. The molecule has 1 N–H and O–H groups in total. The van der Waals surface area contributed by atoms with Crippen LogP contribution >= 0.6 is 0 Å². The molecular weight excluding hydrogens is 180 g/mol. The maximum absolute atomic E-state index is 10.7. The van der Waals surface area contributed by atoms with Gasteiger partial charge in [0.2, 0.25) is 0 Å². The molecule has 2 fully saturated rings. The second kappa shape index (κ2) is 3.87. The normalized spacial score (nSPS) is 34.4. The van der Waals surface area contributed by atoms with Crippen LogP contribution in [0.1, 0.15) is 19.3 Å². The quantitative estimate of drug-likeness (QED) is 0.690. The SMILES string of the molecule is CN1CCN2C(CC(=O)O)CCC2C1. The van der Waals surface area contributed by atoms with Gasteiger partial charge in [0.1, 0.15) is 0 Å². The molecule has 2 unspecified atom stereocenters. The van der Waals surface area contributed by atoms with E-state index in [4.69, 9.17) is 5.11 Å². The molecule has 0 aromatic rings. The van der Waals surface area contributed by atoms with Crippen LogP contribution in [0.4, 0.5) is 0 Å². The average molecular weight is 198 g/mol. The Hall–Kier alpha value is -0.610. The van der Waals surface area contributed by atoms with Crippen molar-refractivity contribution in [2.45, 2.75) is 31.3 Å². The number of fused-ring (bicyclic) bond motifs is 1. The molecule has 0 saturated carbocycles. The zero-order valence-electron chi connectivity index (χ0n) is 8.65. The van der Waals surface area contributed by atoms with Gasteiger partial charge >= 0.3 is 5.97 Å². The van der Waals surface area contributed by atoms with E-state index in [1.165, 1.54) is 6.42 Å². The first-order chi connectivity index (χ1) is 6.66. The smallest absolute Gasteiger partial charge is 0.304 e. The number of aliphatic carboxylic acids is 1. The van der Waals surface area contributed by atoms with Crippen LogP contribution in [0.3, 0.4) is 0 Å². The molecule has 2 atom stereocenters. The van der Waals surface area contributed by atoms with E-state index < -0.39 is 5.97 Å². The van der Waals surface area contributed by atoms with Crippen LogP contribution in [0.5, 0.6) is 0 Å². The Morgan fingerprint density at radius 1 is 1.43 bits per heavy atom. The monoisotopic (exact) mass is 198 g/mol. The standard InChI is InChI=1S/C10H18N2O2/c1-11-4-5-12-8(6-10(13)14)2-3-9(12)7-11/h8-9H,2-7H2,1H3,(H,13,14). The molecule has 4 heteroatoms. The Kier molecular flexibility index (Phi) is 2.74. The first-order valence-electron chi connectivity index (χ1n) is 5.33. The fourth-order valence-electron chi connectivity index (χ4n) is 2.73. The Balaban J connectivity index is 1.95. The minimum Gasteiger partial charge on any atom is -0.481 e. The van der Waals surface area contributed by atoms with E-state index in [0.29, 0.717) is 18.5 Å². The van der Waals surface area contributed by atoms with E-state index in [1.807, 2.05) is 0 Å². The van der Waals surface area contributed by atoms with E-state index in [0.717, 1.165) is 26.1 Å². The van der Waals surface area contributed by atoms with Gasteiger partial charge in [0.15, 0.2) is 0 Å². The number of piperazine rings is 1. The van der Waals surface area contributed by atoms with Crippen molar-refractivity contribution in [1.29, 1.82) is 0 Å². The van der Waals surface area contributed by atoms with Gasteiger partial charge in [-0.3, -0.25) is 9.69 Å². The summed E-state index contributed by atoms with van der Waals surface area (Å²) >= 11 is 0. The summed E-state index contributed by atoms with van der Waals surface area (Å²) < 4.78 is 0. The summed E-state index contributed by atoms with van der Waals surface area (Å²) in [6.07, 6.45) is 2.55. The maximum atomic E-state index is 10.7. The maximum Gasteiger partial charge on any atom is 0.304 e. The third-order valence-corrected chi connectivity index (χ3v) is 3.44. The summed E-state index contributed by atoms with van der Waals surface area (Å²) in [5, 5.41) is 8.78. The van der Waals surface area contributed by atoms with Gasteiger partial charge in [0.25, 0.3) is 0 Å². The lowest BCUT2D eigenvalue weighted by Gasteiger charge is -2.38. The Bertz CT molecular complexity index is 232. The van der Waals surface area contributed by atoms with Gasteiger partial charge in [-0.25, -0.2) is 0 Å². The summed E-state index contributed by atoms with van der Waals surface area (Å²) in [5.41, 5.74) is 0. The van der Waals surface area contributed by atoms with Gasteiger partial charge in [-0.05, 0) is 19.9 Å². The van der Waals surface area contributed by atoms with Gasteiger partial charge in [-0.1, -0.05) is 0 Å². The predicted molar refractivity (Wildman–Crippen MR) is 53.3 cm³/mol. The van der Waals surface area contributed by atoms with Crippen molar-refractivity contribution in [2.75, 3.05) is 26.7 Å². The molecule has 4 nitrogen and oxygen atoms in total. The zero-order chi connectivity index (χ0) is 10.1. The Morgan fingerprint density at radius 2 is 2.21 bits per heavy atom. The number of carboxylic acid groups (broad SMARTS) is 1. The molecular formula is C10H18N2O2. The van der Waals surface area contributed by atoms with Crippen molar-refractivity contribution in [3.05, 3.63) is 0 Å². The lowest BCUT2D eigenvalue weighted by atomic mass is 10.1. The molecule has 2 heterocycles. The largest absolute Gasteiger partial charge is 0.481 e. The highest BCUT2D eigenvalue weighted by molar-refractivity contribution is 5.67. The molecule has 2 aliphatic rings. The fourth-order valence-corrected chi connectivity index (χ4v) is 2.73. The highest BCUT2D eigenvalue weighted by Crippen LogP contribution is 2.28. The molecule has 0 bridgehead atoms. The van der Waals surface area contributed by atoms with Crippen LogP contribution in [0.2, 0.25) is 0 Å². The molecule has 0 aromatic carbocycles. The van der Waals surface area contributed by atoms with Crippen molar-refractivity contribution in [3.8, 4) is 0 Å². The first kappa shape index (κ1) is 9.93. The lowest BCUT2D eigenvalue weighted by Crippen LogP contribution is -2.51. The van der Waals surface area contributed by atoms with Crippen LogP contribution in [0, 0.1) is 0 Å².